The lowest BCUT2D eigenvalue weighted by molar-refractivity contribution is -0.123. The second-order valence-electron chi connectivity index (χ2n) is 12.1. The van der Waals surface area contributed by atoms with Crippen molar-refractivity contribution in [2.24, 2.45) is 29.6 Å². The minimum Gasteiger partial charge on any atom is -0.489 e. The Hall–Kier alpha value is -3.62. The Morgan fingerprint density at radius 3 is 2.38 bits per heavy atom. The number of carbonyl (C=O) groups is 2. The number of carbonyl (C=O) groups excluding carboxylic acids is 2. The molecule has 0 radical (unpaired) electrons. The number of thiazole rings is 1. The van der Waals surface area contributed by atoms with Gasteiger partial charge in [-0.2, -0.15) is 0 Å². The van der Waals surface area contributed by atoms with Gasteiger partial charge in [0.2, 0.25) is 11.8 Å². The van der Waals surface area contributed by atoms with Crippen molar-refractivity contribution in [3.8, 4) is 5.75 Å². The van der Waals surface area contributed by atoms with E-state index in [1.807, 2.05) is 61.5 Å². The number of aromatic nitrogens is 1. The van der Waals surface area contributed by atoms with E-state index < -0.39 is 0 Å². The first-order chi connectivity index (χ1) is 20.4. The molecule has 6 unspecified atom stereocenters. The van der Waals surface area contributed by atoms with Crippen LogP contribution in [0.2, 0.25) is 0 Å². The van der Waals surface area contributed by atoms with Crippen LogP contribution < -0.4 is 14.5 Å². The molecule has 42 heavy (non-hydrogen) atoms. The number of para-hydroxylation sites is 1. The standard InChI is InChI=1S/C34H30N2O4S2/c1-17-11-13-20(14-12-17)36-32(37)27-22-15-23(28(27)33(36)38)29-26(22)25(30-31(41-29)35-34(39)42-30)21-9-5-6-10-24(21)40-16-19-8-4-3-7-18(19)2/h3-14,22-23,25-29H,15-16H2,1-2H3,(H,35,39)/t22?,23?,25-,26?,27?,28?,29?/m1/s1. The SMILES string of the molecule is Cc1ccc(N2C(=O)C3C4CC(C3C2=O)C2C4Sc3[nH]c(=O)sc3[C@@H]2c2ccccc2OCc2ccccc2C)cc1. The maximum atomic E-state index is 14.0. The first-order valence-corrected chi connectivity index (χ1v) is 16.2. The van der Waals surface area contributed by atoms with Crippen LogP contribution in [0.3, 0.4) is 0 Å². The zero-order valence-electron chi connectivity index (χ0n) is 23.3. The number of hydrogen-bond acceptors (Lipinski definition) is 6. The highest BCUT2D eigenvalue weighted by atomic mass is 32.2. The molecule has 6 nitrogen and oxygen atoms in total. The molecule has 3 heterocycles. The number of hydrogen-bond donors (Lipinski definition) is 1. The lowest BCUT2D eigenvalue weighted by Gasteiger charge is -2.43. The van der Waals surface area contributed by atoms with Crippen molar-refractivity contribution < 1.29 is 14.3 Å². The summed E-state index contributed by atoms with van der Waals surface area (Å²) in [6.07, 6.45) is 0.860. The average Bonchev–Trinajstić information content (AvgIpc) is 3.72. The Morgan fingerprint density at radius 1 is 0.881 bits per heavy atom. The van der Waals surface area contributed by atoms with Crippen molar-refractivity contribution in [1.82, 2.24) is 4.98 Å². The molecule has 4 aliphatic rings. The highest BCUT2D eigenvalue weighted by Gasteiger charge is 2.69. The van der Waals surface area contributed by atoms with Crippen molar-refractivity contribution in [2.75, 3.05) is 4.90 Å². The molecule has 7 atom stereocenters. The summed E-state index contributed by atoms with van der Waals surface area (Å²) < 4.78 is 6.50. The first-order valence-electron chi connectivity index (χ1n) is 14.5. The molecule has 1 aromatic heterocycles. The van der Waals surface area contributed by atoms with Crippen LogP contribution >= 0.6 is 23.1 Å². The van der Waals surface area contributed by atoms with Gasteiger partial charge in [0.15, 0.2) is 0 Å². The number of aromatic amines is 1. The maximum Gasteiger partial charge on any atom is 0.305 e. The summed E-state index contributed by atoms with van der Waals surface area (Å²) in [6.45, 7) is 4.54. The van der Waals surface area contributed by atoms with Crippen LogP contribution in [-0.2, 0) is 16.2 Å². The summed E-state index contributed by atoms with van der Waals surface area (Å²) >= 11 is 2.98. The number of imide groups is 1. The van der Waals surface area contributed by atoms with Crippen LogP contribution in [0, 0.1) is 43.4 Å². The Bertz CT molecular complexity index is 1790. The van der Waals surface area contributed by atoms with Crippen LogP contribution in [-0.4, -0.2) is 22.0 Å². The quantitative estimate of drug-likeness (QED) is 0.274. The number of amides is 2. The molecule has 8 rings (SSSR count). The van der Waals surface area contributed by atoms with E-state index in [-0.39, 0.29) is 57.4 Å². The van der Waals surface area contributed by atoms with Gasteiger partial charge in [0.05, 0.1) is 22.5 Å². The predicted octanol–water partition coefficient (Wildman–Crippen LogP) is 6.31. The molecular formula is C34H30N2O4S2. The number of thioether (sulfide) groups is 1. The minimum atomic E-state index is -0.328. The van der Waals surface area contributed by atoms with Crippen molar-refractivity contribution in [3.05, 3.63) is 110 Å². The second kappa shape index (κ2) is 9.71. The second-order valence-corrected chi connectivity index (χ2v) is 14.3. The lowest BCUT2D eigenvalue weighted by Crippen LogP contribution is -2.42. The summed E-state index contributed by atoms with van der Waals surface area (Å²) in [5.74, 6) is 0.212. The topological polar surface area (TPSA) is 79.5 Å². The number of nitrogens with zero attached hydrogens (tertiary/aromatic N) is 1. The molecule has 2 aliphatic carbocycles. The van der Waals surface area contributed by atoms with Gasteiger partial charge in [-0.1, -0.05) is 71.5 Å². The largest absolute Gasteiger partial charge is 0.489 e. The number of benzene rings is 3. The van der Waals surface area contributed by atoms with Crippen LogP contribution in [0.15, 0.2) is 82.6 Å². The summed E-state index contributed by atoms with van der Waals surface area (Å²) in [4.78, 5) is 46.1. The van der Waals surface area contributed by atoms with Gasteiger partial charge in [-0.05, 0) is 67.3 Å². The molecule has 212 valence electrons. The van der Waals surface area contributed by atoms with Gasteiger partial charge in [0.25, 0.3) is 0 Å². The number of ether oxygens (including phenoxy) is 1. The molecule has 3 aromatic carbocycles. The van der Waals surface area contributed by atoms with E-state index in [0.29, 0.717) is 12.3 Å². The Balaban J connectivity index is 1.19. The number of rotatable bonds is 5. The van der Waals surface area contributed by atoms with Crippen LogP contribution in [0.4, 0.5) is 5.69 Å². The number of anilines is 1. The number of H-pyrrole nitrogens is 1. The molecule has 1 N–H and O–H groups in total. The van der Waals surface area contributed by atoms with E-state index in [2.05, 4.69) is 30.1 Å². The molecule has 3 fully saturated rings. The van der Waals surface area contributed by atoms with E-state index >= 15 is 0 Å². The summed E-state index contributed by atoms with van der Waals surface area (Å²) in [7, 11) is 0. The van der Waals surface area contributed by atoms with Gasteiger partial charge in [-0.15, -0.1) is 11.8 Å². The molecule has 1 saturated heterocycles. The molecule has 8 heteroatoms. The average molecular weight is 595 g/mol. The maximum absolute atomic E-state index is 14.0. The highest BCUT2D eigenvalue weighted by molar-refractivity contribution is 8.00. The van der Waals surface area contributed by atoms with Crippen LogP contribution in [0.25, 0.3) is 0 Å². The Kier molecular flexibility index (Phi) is 6.02. The smallest absolute Gasteiger partial charge is 0.305 e. The third kappa shape index (κ3) is 3.81. The fraction of sp³-hybridized carbons (Fsp3) is 0.324. The fourth-order valence-electron chi connectivity index (χ4n) is 8.11. The summed E-state index contributed by atoms with van der Waals surface area (Å²) in [5, 5.41) is 1.04. The van der Waals surface area contributed by atoms with Crippen molar-refractivity contribution in [1.29, 1.82) is 0 Å². The zero-order valence-corrected chi connectivity index (χ0v) is 24.9. The summed E-state index contributed by atoms with van der Waals surface area (Å²) in [6, 6.07) is 24.0. The Morgan fingerprint density at radius 2 is 1.60 bits per heavy atom. The van der Waals surface area contributed by atoms with E-state index in [4.69, 9.17) is 4.74 Å². The van der Waals surface area contributed by atoms with Crippen LogP contribution in [0.5, 0.6) is 5.75 Å². The molecule has 4 aromatic rings. The fourth-order valence-corrected chi connectivity index (χ4v) is 11.0. The zero-order chi connectivity index (χ0) is 28.7. The first kappa shape index (κ1) is 26.0. The van der Waals surface area contributed by atoms with Crippen molar-refractivity contribution >= 4 is 40.6 Å². The number of fused-ring (bicyclic) bond motifs is 9. The number of aryl methyl sites for hydroxylation is 2. The van der Waals surface area contributed by atoms with E-state index in [1.165, 1.54) is 21.8 Å². The predicted molar refractivity (Wildman–Crippen MR) is 164 cm³/mol. The third-order valence-electron chi connectivity index (χ3n) is 9.91. The van der Waals surface area contributed by atoms with E-state index in [1.54, 1.807) is 11.8 Å². The summed E-state index contributed by atoms with van der Waals surface area (Å²) in [5.41, 5.74) is 5.11. The lowest BCUT2D eigenvalue weighted by atomic mass is 9.68. The highest BCUT2D eigenvalue weighted by Crippen LogP contribution is 2.69. The minimum absolute atomic E-state index is 0.0594. The van der Waals surface area contributed by atoms with Crippen LogP contribution in [0.1, 0.15) is 39.5 Å². The molecule has 2 saturated carbocycles. The number of nitrogens with one attached hydrogen (secondary N) is 1. The molecular weight excluding hydrogens is 565 g/mol. The van der Waals surface area contributed by atoms with Gasteiger partial charge < -0.3 is 9.72 Å². The Labute approximate surface area is 252 Å². The van der Waals surface area contributed by atoms with Crippen molar-refractivity contribution in [2.45, 2.75) is 43.1 Å². The molecule has 2 amide bonds. The molecule has 2 bridgehead atoms. The van der Waals surface area contributed by atoms with Gasteiger partial charge >= 0.3 is 4.87 Å². The third-order valence-corrected chi connectivity index (χ3v) is 12.5. The molecule has 0 spiro atoms. The van der Waals surface area contributed by atoms with Gasteiger partial charge in [0, 0.05) is 21.6 Å². The monoisotopic (exact) mass is 594 g/mol. The van der Waals surface area contributed by atoms with E-state index in [0.717, 1.165) is 38.8 Å². The molecule has 2 aliphatic heterocycles. The van der Waals surface area contributed by atoms with Crippen molar-refractivity contribution in [3.63, 3.8) is 0 Å². The van der Waals surface area contributed by atoms with Gasteiger partial charge in [0.1, 0.15) is 12.4 Å². The normalized spacial score (nSPS) is 29.0. The van der Waals surface area contributed by atoms with E-state index in [9.17, 15) is 14.4 Å². The van der Waals surface area contributed by atoms with Gasteiger partial charge in [-0.3, -0.25) is 19.3 Å². The van der Waals surface area contributed by atoms with Gasteiger partial charge in [-0.25, -0.2) is 0 Å².